The van der Waals surface area contributed by atoms with Crippen molar-refractivity contribution < 1.29 is 4.74 Å². The van der Waals surface area contributed by atoms with Gasteiger partial charge in [-0.1, -0.05) is 12.1 Å². The fraction of sp³-hybridized carbons (Fsp3) is 0.286. The molecule has 3 rings (SSSR count). The summed E-state index contributed by atoms with van der Waals surface area (Å²) in [6.07, 6.45) is 3.68. The first-order valence-corrected chi connectivity index (χ1v) is 5.89. The lowest BCUT2D eigenvalue weighted by molar-refractivity contribution is -0.0337. The van der Waals surface area contributed by atoms with Gasteiger partial charge in [-0.3, -0.25) is 0 Å². The van der Waals surface area contributed by atoms with E-state index in [1.165, 1.54) is 0 Å². The van der Waals surface area contributed by atoms with Gasteiger partial charge in [0.2, 0.25) is 0 Å². The molecule has 0 fully saturated rings. The maximum Gasteiger partial charge on any atom is 0.132 e. The van der Waals surface area contributed by atoms with Crippen LogP contribution in [0.2, 0.25) is 0 Å². The Morgan fingerprint density at radius 3 is 2.89 bits per heavy atom. The Bertz CT molecular complexity index is 609. The van der Waals surface area contributed by atoms with Gasteiger partial charge < -0.3 is 9.30 Å². The summed E-state index contributed by atoms with van der Waals surface area (Å²) in [5.74, 6) is 0. The van der Waals surface area contributed by atoms with Crippen molar-refractivity contribution in [1.82, 2.24) is 9.55 Å². The number of hydrogen-bond donors (Lipinski definition) is 0. The molecule has 0 saturated carbocycles. The highest BCUT2D eigenvalue weighted by Crippen LogP contribution is 2.35. The number of aromatic nitrogens is 2. The van der Waals surface area contributed by atoms with Crippen molar-refractivity contribution in [3.8, 4) is 6.07 Å². The van der Waals surface area contributed by atoms with Crippen molar-refractivity contribution in [2.75, 3.05) is 6.61 Å². The first-order valence-electron chi connectivity index (χ1n) is 5.89. The summed E-state index contributed by atoms with van der Waals surface area (Å²) in [5, 5.41) is 8.83. The van der Waals surface area contributed by atoms with E-state index in [-0.39, 0.29) is 0 Å². The largest absolute Gasteiger partial charge is 0.362 e. The highest BCUT2D eigenvalue weighted by atomic mass is 16.5. The molecular weight excluding hydrogens is 226 g/mol. The third-order valence-electron chi connectivity index (χ3n) is 3.49. The lowest BCUT2D eigenvalue weighted by Crippen LogP contribution is -2.36. The summed E-state index contributed by atoms with van der Waals surface area (Å²) in [4.78, 5) is 4.19. The Morgan fingerprint density at radius 1 is 1.39 bits per heavy atom. The SMILES string of the molecule is CC1(c2ccc(C#N)cc2)OCCn2cncc21. The maximum atomic E-state index is 8.83. The molecule has 1 aliphatic heterocycles. The predicted octanol–water partition coefficient (Wildman–Crippen LogP) is 2.05. The number of hydrogen-bond acceptors (Lipinski definition) is 3. The van der Waals surface area contributed by atoms with Gasteiger partial charge in [-0.2, -0.15) is 5.26 Å². The van der Waals surface area contributed by atoms with Gasteiger partial charge in [-0.25, -0.2) is 4.98 Å². The molecule has 1 aromatic heterocycles. The lowest BCUT2D eigenvalue weighted by atomic mass is 9.91. The van der Waals surface area contributed by atoms with Crippen LogP contribution < -0.4 is 0 Å². The van der Waals surface area contributed by atoms with E-state index in [9.17, 15) is 0 Å². The van der Waals surface area contributed by atoms with Crippen LogP contribution in [0.4, 0.5) is 0 Å². The van der Waals surface area contributed by atoms with Crippen LogP contribution in [0.1, 0.15) is 23.7 Å². The Labute approximate surface area is 105 Å². The number of imidazole rings is 1. The van der Waals surface area contributed by atoms with Crippen LogP contribution in [-0.4, -0.2) is 16.2 Å². The quantitative estimate of drug-likeness (QED) is 0.765. The number of benzene rings is 1. The zero-order valence-electron chi connectivity index (χ0n) is 10.1. The van der Waals surface area contributed by atoms with Gasteiger partial charge in [-0.15, -0.1) is 0 Å². The molecule has 90 valence electrons. The summed E-state index contributed by atoms with van der Waals surface area (Å²) in [5.41, 5.74) is 2.27. The Balaban J connectivity index is 2.08. The number of rotatable bonds is 1. The number of fused-ring (bicyclic) bond motifs is 1. The molecule has 0 N–H and O–H groups in total. The minimum Gasteiger partial charge on any atom is -0.362 e. The molecule has 2 aromatic rings. The molecule has 0 amide bonds. The molecule has 4 nitrogen and oxygen atoms in total. The smallest absolute Gasteiger partial charge is 0.132 e. The van der Waals surface area contributed by atoms with E-state index in [1.807, 2.05) is 43.7 Å². The first kappa shape index (κ1) is 11.0. The van der Waals surface area contributed by atoms with E-state index < -0.39 is 5.60 Å². The minimum atomic E-state index is -0.483. The van der Waals surface area contributed by atoms with Crippen molar-refractivity contribution in [3.05, 3.63) is 53.6 Å². The third-order valence-corrected chi connectivity index (χ3v) is 3.49. The van der Waals surface area contributed by atoms with E-state index in [0.717, 1.165) is 17.8 Å². The van der Waals surface area contributed by atoms with Crippen molar-refractivity contribution >= 4 is 0 Å². The van der Waals surface area contributed by atoms with Crippen LogP contribution in [0.5, 0.6) is 0 Å². The summed E-state index contributed by atoms with van der Waals surface area (Å²) in [7, 11) is 0. The highest BCUT2D eigenvalue weighted by Gasteiger charge is 2.35. The number of ether oxygens (including phenoxy) is 1. The van der Waals surface area contributed by atoms with Gasteiger partial charge in [0.05, 0.1) is 36.5 Å². The van der Waals surface area contributed by atoms with E-state index >= 15 is 0 Å². The summed E-state index contributed by atoms with van der Waals surface area (Å²) in [6.45, 7) is 3.54. The molecule has 1 unspecified atom stereocenters. The molecule has 18 heavy (non-hydrogen) atoms. The Kier molecular flexibility index (Phi) is 2.42. The van der Waals surface area contributed by atoms with Crippen LogP contribution in [0.25, 0.3) is 0 Å². The summed E-state index contributed by atoms with van der Waals surface area (Å²) in [6, 6.07) is 9.65. The summed E-state index contributed by atoms with van der Waals surface area (Å²) < 4.78 is 8.08. The highest BCUT2D eigenvalue weighted by molar-refractivity contribution is 5.38. The first-order chi connectivity index (χ1) is 8.74. The van der Waals surface area contributed by atoms with Crippen molar-refractivity contribution in [3.63, 3.8) is 0 Å². The zero-order chi connectivity index (χ0) is 12.6. The normalized spacial score (nSPS) is 22.2. The molecule has 1 atom stereocenters. The average Bonchev–Trinajstić information content (AvgIpc) is 2.89. The van der Waals surface area contributed by atoms with Crippen LogP contribution in [0, 0.1) is 11.3 Å². The van der Waals surface area contributed by atoms with Gasteiger partial charge >= 0.3 is 0 Å². The molecule has 0 saturated heterocycles. The molecule has 4 heteroatoms. The molecule has 0 radical (unpaired) electrons. The average molecular weight is 239 g/mol. The number of nitriles is 1. The van der Waals surface area contributed by atoms with E-state index in [1.54, 1.807) is 0 Å². The second-order valence-corrected chi connectivity index (χ2v) is 4.54. The Morgan fingerprint density at radius 2 is 2.17 bits per heavy atom. The van der Waals surface area contributed by atoms with Crippen molar-refractivity contribution in [2.45, 2.75) is 19.1 Å². The molecule has 1 aromatic carbocycles. The maximum absolute atomic E-state index is 8.83. The molecule has 0 aliphatic carbocycles. The summed E-state index contributed by atoms with van der Waals surface area (Å²) >= 11 is 0. The van der Waals surface area contributed by atoms with Crippen LogP contribution in [0.15, 0.2) is 36.8 Å². The molecule has 0 bridgehead atoms. The molecule has 1 aliphatic rings. The van der Waals surface area contributed by atoms with Gasteiger partial charge in [0.1, 0.15) is 5.60 Å². The van der Waals surface area contributed by atoms with Gasteiger partial charge in [0, 0.05) is 6.54 Å². The second-order valence-electron chi connectivity index (χ2n) is 4.54. The van der Waals surface area contributed by atoms with Crippen LogP contribution in [-0.2, 0) is 16.9 Å². The second kappa shape index (κ2) is 3.97. The fourth-order valence-electron chi connectivity index (χ4n) is 2.41. The minimum absolute atomic E-state index is 0.483. The van der Waals surface area contributed by atoms with E-state index in [4.69, 9.17) is 10.00 Å². The van der Waals surface area contributed by atoms with Crippen molar-refractivity contribution in [2.24, 2.45) is 0 Å². The molecule has 0 spiro atoms. The number of nitrogens with zero attached hydrogens (tertiary/aromatic N) is 3. The van der Waals surface area contributed by atoms with Crippen LogP contribution in [0.3, 0.4) is 0 Å². The third kappa shape index (κ3) is 1.52. The van der Waals surface area contributed by atoms with Crippen LogP contribution >= 0.6 is 0 Å². The topological polar surface area (TPSA) is 50.8 Å². The van der Waals surface area contributed by atoms with Crippen molar-refractivity contribution in [1.29, 1.82) is 5.26 Å². The van der Waals surface area contributed by atoms with E-state index in [0.29, 0.717) is 12.2 Å². The fourth-order valence-corrected chi connectivity index (χ4v) is 2.41. The van der Waals surface area contributed by atoms with Gasteiger partial charge in [-0.05, 0) is 24.6 Å². The standard InChI is InChI=1S/C14H13N3O/c1-14(12-4-2-11(8-15)3-5-12)13-9-16-10-17(13)6-7-18-14/h2-5,9-10H,6-7H2,1H3. The molecule has 2 heterocycles. The Hall–Kier alpha value is -2.12. The molecular formula is C14H13N3O. The van der Waals surface area contributed by atoms with Gasteiger partial charge in [0.25, 0.3) is 0 Å². The predicted molar refractivity (Wildman–Crippen MR) is 65.8 cm³/mol. The zero-order valence-corrected chi connectivity index (χ0v) is 10.1. The lowest BCUT2D eigenvalue weighted by Gasteiger charge is -2.35. The van der Waals surface area contributed by atoms with Gasteiger partial charge in [0.15, 0.2) is 0 Å². The monoisotopic (exact) mass is 239 g/mol. The van der Waals surface area contributed by atoms with E-state index in [2.05, 4.69) is 15.6 Å².